The topological polar surface area (TPSA) is 66.5 Å². The summed E-state index contributed by atoms with van der Waals surface area (Å²) in [6, 6.07) is 2.96. The van der Waals surface area contributed by atoms with Crippen LogP contribution in [0.25, 0.3) is 0 Å². The highest BCUT2D eigenvalue weighted by atomic mass is 35.5. The molecule has 4 N–H and O–H groups in total. The number of benzene rings is 1. The Morgan fingerprint density at radius 2 is 2.14 bits per heavy atom. The molecular weight excluding hydrogens is 202 g/mol. The molecule has 14 heavy (non-hydrogen) atoms. The van der Waals surface area contributed by atoms with Gasteiger partial charge in [-0.15, -0.1) is 11.6 Å². The summed E-state index contributed by atoms with van der Waals surface area (Å²) >= 11 is 5.69. The van der Waals surface area contributed by atoms with Gasteiger partial charge in [-0.3, -0.25) is 0 Å². The molecule has 0 radical (unpaired) electrons. The number of hydrogen-bond acceptors (Lipinski definition) is 3. The van der Waals surface area contributed by atoms with Crippen LogP contribution < -0.4 is 5.73 Å². The van der Waals surface area contributed by atoms with Gasteiger partial charge in [-0.2, -0.15) is 0 Å². The number of alkyl halides is 1. The van der Waals surface area contributed by atoms with E-state index in [1.165, 1.54) is 0 Å². The quantitative estimate of drug-likeness (QED) is 0.669. The summed E-state index contributed by atoms with van der Waals surface area (Å²) in [5.41, 5.74) is 7.79. The molecule has 1 aromatic rings. The number of phenols is 1. The minimum absolute atomic E-state index is 0.139. The first-order valence-electron chi connectivity index (χ1n) is 4.35. The fraction of sp³-hybridized carbons (Fsp3) is 0.400. The molecule has 1 rings (SSSR count). The average Bonchev–Trinajstić information content (AvgIpc) is 2.20. The van der Waals surface area contributed by atoms with Crippen molar-refractivity contribution in [2.24, 2.45) is 5.73 Å². The Morgan fingerprint density at radius 1 is 1.50 bits per heavy atom. The Hall–Kier alpha value is -0.770. The van der Waals surface area contributed by atoms with Crippen molar-refractivity contribution in [1.29, 1.82) is 0 Å². The fourth-order valence-electron chi connectivity index (χ4n) is 1.34. The maximum Gasteiger partial charge on any atom is 0.123 e. The third kappa shape index (κ3) is 2.18. The number of hydrogen-bond donors (Lipinski definition) is 3. The molecule has 0 saturated heterocycles. The van der Waals surface area contributed by atoms with E-state index in [1.54, 1.807) is 19.1 Å². The number of aromatic hydroxyl groups is 1. The van der Waals surface area contributed by atoms with Crippen molar-refractivity contribution in [2.75, 3.05) is 6.61 Å². The first-order valence-corrected chi connectivity index (χ1v) is 4.88. The summed E-state index contributed by atoms with van der Waals surface area (Å²) in [5, 5.41) is 18.6. The molecule has 3 nitrogen and oxygen atoms in total. The van der Waals surface area contributed by atoms with Crippen LogP contribution in [0.2, 0.25) is 0 Å². The highest BCUT2D eigenvalue weighted by molar-refractivity contribution is 6.17. The van der Waals surface area contributed by atoms with Gasteiger partial charge in [0.15, 0.2) is 0 Å². The summed E-state index contributed by atoms with van der Waals surface area (Å²) in [5.74, 6) is 0.507. The molecule has 0 aliphatic carbocycles. The van der Waals surface area contributed by atoms with E-state index < -0.39 is 6.04 Å². The second-order valence-corrected chi connectivity index (χ2v) is 3.54. The maximum absolute atomic E-state index is 9.68. The van der Waals surface area contributed by atoms with Crippen LogP contribution in [0, 0.1) is 6.92 Å². The first kappa shape index (κ1) is 11.3. The maximum atomic E-state index is 9.68. The number of aliphatic hydroxyl groups is 1. The standard InChI is InChI=1S/C10H14ClNO2/c1-6-2-7(4-11)3-8(10(6)14)9(12)5-13/h2-3,9,13-14H,4-5,12H2,1H3/t9-/m1/s1. The van der Waals surface area contributed by atoms with E-state index in [4.69, 9.17) is 22.4 Å². The molecule has 0 aliphatic rings. The summed E-state index contributed by atoms with van der Waals surface area (Å²) in [4.78, 5) is 0. The Morgan fingerprint density at radius 3 is 2.64 bits per heavy atom. The molecule has 4 heteroatoms. The summed E-state index contributed by atoms with van der Waals surface area (Å²) in [7, 11) is 0. The van der Waals surface area contributed by atoms with Gasteiger partial charge in [-0.25, -0.2) is 0 Å². The van der Waals surface area contributed by atoms with E-state index in [1.807, 2.05) is 0 Å². The fourth-order valence-corrected chi connectivity index (χ4v) is 1.50. The molecule has 0 bridgehead atoms. The third-order valence-corrected chi connectivity index (χ3v) is 2.45. The number of phenolic OH excluding ortho intramolecular Hbond substituents is 1. The van der Waals surface area contributed by atoms with Gasteiger partial charge in [0.05, 0.1) is 12.6 Å². The van der Waals surface area contributed by atoms with Crippen LogP contribution in [0.5, 0.6) is 5.75 Å². The van der Waals surface area contributed by atoms with Crippen LogP contribution in [0.3, 0.4) is 0 Å². The smallest absolute Gasteiger partial charge is 0.123 e. The zero-order valence-corrected chi connectivity index (χ0v) is 8.75. The van der Waals surface area contributed by atoms with Crippen molar-refractivity contribution in [1.82, 2.24) is 0 Å². The molecule has 0 aromatic heterocycles. The van der Waals surface area contributed by atoms with Crippen LogP contribution in [0.4, 0.5) is 0 Å². The predicted octanol–water partition coefficient (Wildman–Crippen LogP) is 1.43. The molecule has 0 heterocycles. The van der Waals surface area contributed by atoms with E-state index in [0.29, 0.717) is 11.4 Å². The first-order chi connectivity index (χ1) is 6.60. The monoisotopic (exact) mass is 215 g/mol. The lowest BCUT2D eigenvalue weighted by molar-refractivity contribution is 0.265. The van der Waals surface area contributed by atoms with Crippen molar-refractivity contribution in [2.45, 2.75) is 18.8 Å². The van der Waals surface area contributed by atoms with Crippen molar-refractivity contribution in [3.63, 3.8) is 0 Å². The zero-order valence-electron chi connectivity index (χ0n) is 8.00. The third-order valence-electron chi connectivity index (χ3n) is 2.14. The van der Waals surface area contributed by atoms with Crippen LogP contribution >= 0.6 is 11.6 Å². The van der Waals surface area contributed by atoms with Gasteiger partial charge < -0.3 is 15.9 Å². The van der Waals surface area contributed by atoms with Crippen LogP contribution in [0.15, 0.2) is 12.1 Å². The second-order valence-electron chi connectivity index (χ2n) is 3.27. The number of aliphatic hydroxyl groups excluding tert-OH is 1. The normalized spacial score (nSPS) is 12.9. The van der Waals surface area contributed by atoms with Crippen molar-refractivity contribution in [3.05, 3.63) is 28.8 Å². The molecular formula is C10H14ClNO2. The predicted molar refractivity (Wildman–Crippen MR) is 56.4 cm³/mol. The molecule has 1 aromatic carbocycles. The van der Waals surface area contributed by atoms with Gasteiger partial charge in [-0.1, -0.05) is 6.07 Å². The second kappa shape index (κ2) is 4.64. The van der Waals surface area contributed by atoms with E-state index >= 15 is 0 Å². The summed E-state index contributed by atoms with van der Waals surface area (Å²) in [6.07, 6.45) is 0. The summed E-state index contributed by atoms with van der Waals surface area (Å²) < 4.78 is 0. The highest BCUT2D eigenvalue weighted by Gasteiger charge is 2.12. The lowest BCUT2D eigenvalue weighted by atomic mass is 10.0. The Kier molecular flexibility index (Phi) is 3.75. The SMILES string of the molecule is Cc1cc(CCl)cc([C@H](N)CO)c1O. The lowest BCUT2D eigenvalue weighted by Gasteiger charge is -2.14. The van der Waals surface area contributed by atoms with Crippen LogP contribution in [-0.2, 0) is 5.88 Å². The van der Waals surface area contributed by atoms with E-state index in [9.17, 15) is 5.11 Å². The van der Waals surface area contributed by atoms with Crippen LogP contribution in [-0.4, -0.2) is 16.8 Å². The van der Waals surface area contributed by atoms with Crippen molar-refractivity contribution in [3.8, 4) is 5.75 Å². The molecule has 0 saturated carbocycles. The molecule has 0 aliphatic heterocycles. The van der Waals surface area contributed by atoms with Crippen molar-refractivity contribution >= 4 is 11.6 Å². The lowest BCUT2D eigenvalue weighted by Crippen LogP contribution is -2.15. The molecule has 0 spiro atoms. The number of halogens is 1. The Bertz CT molecular complexity index is 328. The minimum atomic E-state index is -0.558. The average molecular weight is 216 g/mol. The number of nitrogens with two attached hydrogens (primary N) is 1. The molecule has 0 amide bonds. The van der Waals surface area contributed by atoms with E-state index in [-0.39, 0.29) is 12.4 Å². The molecule has 0 unspecified atom stereocenters. The van der Waals surface area contributed by atoms with Gasteiger partial charge in [0.25, 0.3) is 0 Å². The minimum Gasteiger partial charge on any atom is -0.507 e. The molecule has 1 atom stereocenters. The van der Waals surface area contributed by atoms with E-state index in [2.05, 4.69) is 0 Å². The van der Waals surface area contributed by atoms with Gasteiger partial charge in [0.2, 0.25) is 0 Å². The van der Waals surface area contributed by atoms with Crippen molar-refractivity contribution < 1.29 is 10.2 Å². The Labute approximate surface area is 88.1 Å². The van der Waals surface area contributed by atoms with Gasteiger partial charge >= 0.3 is 0 Å². The molecule has 78 valence electrons. The van der Waals surface area contributed by atoms with Gasteiger partial charge in [0, 0.05) is 11.4 Å². The number of rotatable bonds is 3. The highest BCUT2D eigenvalue weighted by Crippen LogP contribution is 2.28. The summed E-state index contributed by atoms with van der Waals surface area (Å²) in [6.45, 7) is 1.58. The van der Waals surface area contributed by atoms with Gasteiger partial charge in [0.1, 0.15) is 5.75 Å². The molecule has 0 fully saturated rings. The largest absolute Gasteiger partial charge is 0.507 e. The number of aryl methyl sites for hydroxylation is 1. The zero-order chi connectivity index (χ0) is 10.7. The van der Waals surface area contributed by atoms with Crippen LogP contribution in [0.1, 0.15) is 22.7 Å². The Balaban J connectivity index is 3.20. The van der Waals surface area contributed by atoms with E-state index in [0.717, 1.165) is 11.1 Å². The van der Waals surface area contributed by atoms with Gasteiger partial charge in [-0.05, 0) is 24.1 Å².